The third kappa shape index (κ3) is 4.88. The van der Waals surface area contributed by atoms with Crippen molar-refractivity contribution in [2.75, 3.05) is 5.75 Å². The highest BCUT2D eigenvalue weighted by molar-refractivity contribution is 7.85. The Hall–Kier alpha value is -1.20. The maximum absolute atomic E-state index is 12.4. The zero-order valence-electron chi connectivity index (χ0n) is 14.0. The number of hydrogen-bond acceptors (Lipinski definition) is 3. The fourth-order valence-electron chi connectivity index (χ4n) is 3.26. The molecule has 23 heavy (non-hydrogen) atoms. The fraction of sp³-hybridized carbons (Fsp3) is 0.611. The number of amides is 1. The van der Waals surface area contributed by atoms with Crippen molar-refractivity contribution >= 4 is 16.7 Å². The predicted octanol–water partition coefficient (Wildman–Crippen LogP) is 2.48. The first-order valence-corrected chi connectivity index (χ1v) is 9.76. The number of hydrogen-bond donors (Lipinski definition) is 2. The van der Waals surface area contributed by atoms with E-state index in [1.807, 2.05) is 37.3 Å². The highest BCUT2D eigenvalue weighted by atomic mass is 32.2. The summed E-state index contributed by atoms with van der Waals surface area (Å²) in [5.41, 5.74) is -0.466. The molecular weight excluding hydrogens is 310 g/mol. The van der Waals surface area contributed by atoms with Gasteiger partial charge in [-0.3, -0.25) is 9.00 Å². The van der Waals surface area contributed by atoms with Crippen LogP contribution in [0.4, 0.5) is 0 Å². The molecule has 2 N–H and O–H groups in total. The van der Waals surface area contributed by atoms with Crippen LogP contribution in [0.25, 0.3) is 0 Å². The van der Waals surface area contributed by atoms with Crippen LogP contribution in [0, 0.1) is 0 Å². The summed E-state index contributed by atoms with van der Waals surface area (Å²) >= 11 is 0. The molecule has 1 aliphatic rings. The molecule has 1 aromatic carbocycles. The Kier molecular flexibility index (Phi) is 6.36. The third-order valence-corrected chi connectivity index (χ3v) is 6.38. The van der Waals surface area contributed by atoms with Crippen molar-refractivity contribution in [3.05, 3.63) is 35.9 Å². The number of aliphatic hydroxyl groups is 1. The number of carbonyl (C=O) groups excluding carboxylic acids is 1. The molecule has 4 atom stereocenters. The van der Waals surface area contributed by atoms with Gasteiger partial charge in [-0.05, 0) is 25.3 Å². The SMILES string of the molecule is CCS(=O)C1CCCCC1NC(=O)CC(C)(O)c1ccccc1. The van der Waals surface area contributed by atoms with E-state index in [9.17, 15) is 14.1 Å². The Labute approximate surface area is 141 Å². The maximum atomic E-state index is 12.4. The second-order valence-electron chi connectivity index (χ2n) is 6.48. The summed E-state index contributed by atoms with van der Waals surface area (Å²) in [4.78, 5) is 12.4. The molecule has 5 heteroatoms. The molecule has 0 bridgehead atoms. The molecule has 0 heterocycles. The normalized spacial score (nSPS) is 25.3. The van der Waals surface area contributed by atoms with Gasteiger partial charge in [0.25, 0.3) is 0 Å². The van der Waals surface area contributed by atoms with Gasteiger partial charge in [-0.15, -0.1) is 0 Å². The van der Waals surface area contributed by atoms with E-state index < -0.39 is 16.4 Å². The second-order valence-corrected chi connectivity index (χ2v) is 8.43. The van der Waals surface area contributed by atoms with Gasteiger partial charge in [-0.2, -0.15) is 0 Å². The Morgan fingerprint density at radius 2 is 1.96 bits per heavy atom. The number of rotatable bonds is 6. The van der Waals surface area contributed by atoms with E-state index in [4.69, 9.17) is 0 Å². The van der Waals surface area contributed by atoms with Gasteiger partial charge < -0.3 is 10.4 Å². The van der Waals surface area contributed by atoms with Crippen molar-refractivity contribution in [3.63, 3.8) is 0 Å². The summed E-state index contributed by atoms with van der Waals surface area (Å²) in [7, 11) is -0.896. The minimum atomic E-state index is -1.20. The van der Waals surface area contributed by atoms with E-state index >= 15 is 0 Å². The quantitative estimate of drug-likeness (QED) is 0.838. The summed E-state index contributed by atoms with van der Waals surface area (Å²) in [6, 6.07) is 9.19. The van der Waals surface area contributed by atoms with Gasteiger partial charge in [0.05, 0.1) is 17.3 Å². The molecule has 2 rings (SSSR count). The van der Waals surface area contributed by atoms with Gasteiger partial charge in [0.1, 0.15) is 0 Å². The van der Waals surface area contributed by atoms with Crippen molar-refractivity contribution in [1.82, 2.24) is 5.32 Å². The molecule has 0 spiro atoms. The van der Waals surface area contributed by atoms with E-state index in [0.717, 1.165) is 31.2 Å². The van der Waals surface area contributed by atoms with E-state index in [1.54, 1.807) is 6.92 Å². The van der Waals surface area contributed by atoms with Crippen LogP contribution in [-0.4, -0.2) is 32.3 Å². The first kappa shape index (κ1) is 18.1. The molecule has 0 aliphatic heterocycles. The molecule has 128 valence electrons. The van der Waals surface area contributed by atoms with Crippen LogP contribution in [0.15, 0.2) is 30.3 Å². The van der Waals surface area contributed by atoms with Gasteiger partial charge in [0, 0.05) is 22.6 Å². The average molecular weight is 337 g/mol. The lowest BCUT2D eigenvalue weighted by atomic mass is 9.91. The zero-order chi connectivity index (χ0) is 16.9. The van der Waals surface area contributed by atoms with Gasteiger partial charge in [0.2, 0.25) is 5.91 Å². The van der Waals surface area contributed by atoms with Crippen molar-refractivity contribution in [2.45, 2.75) is 62.8 Å². The molecule has 1 saturated carbocycles. The van der Waals surface area contributed by atoms with Crippen molar-refractivity contribution in [3.8, 4) is 0 Å². The highest BCUT2D eigenvalue weighted by Crippen LogP contribution is 2.26. The third-order valence-electron chi connectivity index (χ3n) is 4.57. The lowest BCUT2D eigenvalue weighted by Crippen LogP contribution is -2.48. The van der Waals surface area contributed by atoms with E-state index in [2.05, 4.69) is 5.32 Å². The van der Waals surface area contributed by atoms with Crippen molar-refractivity contribution in [1.29, 1.82) is 0 Å². The topological polar surface area (TPSA) is 66.4 Å². The van der Waals surface area contributed by atoms with E-state index in [0.29, 0.717) is 5.75 Å². The Balaban J connectivity index is 1.99. The van der Waals surface area contributed by atoms with Gasteiger partial charge in [0.15, 0.2) is 0 Å². The molecule has 1 aliphatic carbocycles. The molecule has 1 aromatic rings. The molecular formula is C18H27NO3S. The minimum Gasteiger partial charge on any atom is -0.385 e. The van der Waals surface area contributed by atoms with Crippen LogP contribution >= 0.6 is 0 Å². The molecule has 0 saturated heterocycles. The maximum Gasteiger partial charge on any atom is 0.223 e. The monoisotopic (exact) mass is 337 g/mol. The number of nitrogens with one attached hydrogen (secondary N) is 1. The fourth-order valence-corrected chi connectivity index (χ4v) is 4.69. The van der Waals surface area contributed by atoms with Crippen molar-refractivity contribution < 1.29 is 14.1 Å². The molecule has 0 radical (unpaired) electrons. The largest absolute Gasteiger partial charge is 0.385 e. The molecule has 4 unspecified atom stereocenters. The first-order chi connectivity index (χ1) is 10.9. The smallest absolute Gasteiger partial charge is 0.223 e. The molecule has 4 nitrogen and oxygen atoms in total. The summed E-state index contributed by atoms with van der Waals surface area (Å²) in [5.74, 6) is 0.447. The molecule has 1 amide bonds. The van der Waals surface area contributed by atoms with Gasteiger partial charge >= 0.3 is 0 Å². The summed E-state index contributed by atoms with van der Waals surface area (Å²) in [6.45, 7) is 3.58. The number of benzene rings is 1. The minimum absolute atomic E-state index is 0.0129. The number of carbonyl (C=O) groups is 1. The summed E-state index contributed by atoms with van der Waals surface area (Å²) in [5, 5.41) is 13.6. The summed E-state index contributed by atoms with van der Waals surface area (Å²) < 4.78 is 12.2. The Morgan fingerprint density at radius 1 is 1.30 bits per heavy atom. The van der Waals surface area contributed by atoms with E-state index in [-0.39, 0.29) is 23.6 Å². The predicted molar refractivity (Wildman–Crippen MR) is 93.5 cm³/mol. The van der Waals surface area contributed by atoms with E-state index in [1.165, 1.54) is 0 Å². The Morgan fingerprint density at radius 3 is 2.61 bits per heavy atom. The van der Waals surface area contributed by atoms with Crippen LogP contribution in [0.3, 0.4) is 0 Å². The average Bonchev–Trinajstić information content (AvgIpc) is 2.55. The molecule has 1 fully saturated rings. The zero-order valence-corrected chi connectivity index (χ0v) is 14.8. The lowest BCUT2D eigenvalue weighted by Gasteiger charge is -2.32. The lowest BCUT2D eigenvalue weighted by molar-refractivity contribution is -0.126. The van der Waals surface area contributed by atoms with Crippen LogP contribution in [0.5, 0.6) is 0 Å². The first-order valence-electron chi connectivity index (χ1n) is 8.38. The van der Waals surface area contributed by atoms with Crippen LogP contribution in [0.2, 0.25) is 0 Å². The van der Waals surface area contributed by atoms with Crippen LogP contribution in [-0.2, 0) is 21.2 Å². The van der Waals surface area contributed by atoms with Crippen LogP contribution in [0.1, 0.15) is 51.5 Å². The van der Waals surface area contributed by atoms with Crippen LogP contribution < -0.4 is 5.32 Å². The standard InChI is InChI=1S/C18H27NO3S/c1-3-23(22)16-12-8-7-11-15(16)19-17(20)13-18(2,21)14-9-5-4-6-10-14/h4-6,9-10,15-16,21H,3,7-8,11-13H2,1-2H3,(H,19,20). The van der Waals surface area contributed by atoms with Gasteiger partial charge in [-0.25, -0.2) is 0 Å². The van der Waals surface area contributed by atoms with Gasteiger partial charge in [-0.1, -0.05) is 50.1 Å². The second kappa shape index (κ2) is 8.06. The summed E-state index contributed by atoms with van der Waals surface area (Å²) in [6.07, 6.45) is 3.91. The highest BCUT2D eigenvalue weighted by Gasteiger charge is 2.32. The van der Waals surface area contributed by atoms with Crippen molar-refractivity contribution in [2.24, 2.45) is 0 Å². The Bertz CT molecular complexity index is 544. The molecule has 0 aromatic heterocycles.